The van der Waals surface area contributed by atoms with Crippen LogP contribution in [0.15, 0.2) is 60.3 Å². The van der Waals surface area contributed by atoms with E-state index in [4.69, 9.17) is 10.5 Å². The Morgan fingerprint density at radius 1 is 1.34 bits per heavy atom. The second-order valence-corrected chi connectivity index (χ2v) is 8.85. The summed E-state index contributed by atoms with van der Waals surface area (Å²) < 4.78 is 21.7. The quantitative estimate of drug-likeness (QED) is 0.382. The van der Waals surface area contributed by atoms with E-state index in [2.05, 4.69) is 11.6 Å². The monoisotopic (exact) mass is 438 g/mol. The van der Waals surface area contributed by atoms with E-state index in [0.29, 0.717) is 48.2 Å². The van der Waals surface area contributed by atoms with Crippen LogP contribution in [0.1, 0.15) is 44.7 Å². The fourth-order valence-corrected chi connectivity index (χ4v) is 4.06. The molecular weight excluding hydrogens is 407 g/mol. The summed E-state index contributed by atoms with van der Waals surface area (Å²) in [5.41, 5.74) is 7.83. The molecule has 0 spiro atoms. The van der Waals surface area contributed by atoms with Gasteiger partial charge < -0.3 is 19.8 Å². The smallest absolute Gasteiger partial charge is 0.257 e. The molecule has 0 radical (unpaired) electrons. The van der Waals surface area contributed by atoms with Gasteiger partial charge in [-0.2, -0.15) is 0 Å². The highest BCUT2D eigenvalue weighted by molar-refractivity contribution is 5.97. The van der Waals surface area contributed by atoms with Crippen LogP contribution in [-0.4, -0.2) is 39.4 Å². The molecule has 6 nitrogen and oxygen atoms in total. The molecule has 0 aromatic carbocycles. The molecule has 4 rings (SSSR count). The SMILES string of the molecule is C=C(C(=O)N1CCCC[C@H]1Cc1cn2cccc(F)c2n1)/C(=C\C=C(\C)N)OCC1CC1. The lowest BCUT2D eigenvalue weighted by Crippen LogP contribution is -2.45. The topological polar surface area (TPSA) is 72.9 Å². The predicted molar refractivity (Wildman–Crippen MR) is 122 cm³/mol. The maximum atomic E-state index is 14.0. The molecule has 170 valence electrons. The van der Waals surface area contributed by atoms with Crippen molar-refractivity contribution in [1.29, 1.82) is 0 Å². The summed E-state index contributed by atoms with van der Waals surface area (Å²) in [7, 11) is 0. The van der Waals surface area contributed by atoms with Crippen LogP contribution in [0.2, 0.25) is 0 Å². The Hall–Kier alpha value is -3.09. The summed E-state index contributed by atoms with van der Waals surface area (Å²) >= 11 is 0. The molecule has 2 fully saturated rings. The third-order valence-corrected chi connectivity index (χ3v) is 6.04. The number of likely N-dealkylation sites (tertiary alicyclic amines) is 1. The van der Waals surface area contributed by atoms with E-state index in [0.717, 1.165) is 37.8 Å². The predicted octanol–water partition coefficient (Wildman–Crippen LogP) is 4.13. The summed E-state index contributed by atoms with van der Waals surface area (Å²) in [6.07, 6.45) is 12.8. The maximum absolute atomic E-state index is 14.0. The third-order valence-electron chi connectivity index (χ3n) is 6.04. The molecule has 2 aromatic rings. The average molecular weight is 439 g/mol. The second-order valence-electron chi connectivity index (χ2n) is 8.85. The first-order valence-electron chi connectivity index (χ1n) is 11.3. The molecule has 1 saturated carbocycles. The molecule has 1 aliphatic carbocycles. The van der Waals surface area contributed by atoms with Gasteiger partial charge in [0.25, 0.3) is 5.91 Å². The van der Waals surface area contributed by atoms with Crippen molar-refractivity contribution in [3.05, 3.63) is 71.8 Å². The number of halogens is 1. The zero-order chi connectivity index (χ0) is 22.7. The van der Waals surface area contributed by atoms with Crippen LogP contribution >= 0.6 is 0 Å². The van der Waals surface area contributed by atoms with Crippen LogP contribution in [0.25, 0.3) is 5.65 Å². The lowest BCUT2D eigenvalue weighted by atomic mass is 9.97. The van der Waals surface area contributed by atoms with E-state index in [1.54, 1.807) is 35.7 Å². The molecule has 7 heteroatoms. The summed E-state index contributed by atoms with van der Waals surface area (Å²) in [6.45, 7) is 7.11. The van der Waals surface area contributed by atoms with Crippen molar-refractivity contribution in [3.63, 3.8) is 0 Å². The van der Waals surface area contributed by atoms with Gasteiger partial charge in [0.15, 0.2) is 11.5 Å². The molecule has 3 heterocycles. The first-order valence-corrected chi connectivity index (χ1v) is 11.3. The number of allylic oxidation sites excluding steroid dienone is 3. The zero-order valence-corrected chi connectivity index (χ0v) is 18.6. The molecule has 1 amide bonds. The molecule has 1 aliphatic heterocycles. The number of amides is 1. The minimum Gasteiger partial charge on any atom is -0.492 e. The van der Waals surface area contributed by atoms with Gasteiger partial charge in [0.05, 0.1) is 17.9 Å². The first kappa shape index (κ1) is 22.1. The number of imidazole rings is 1. The minimum atomic E-state index is -0.352. The van der Waals surface area contributed by atoms with Gasteiger partial charge in [-0.15, -0.1) is 0 Å². The van der Waals surface area contributed by atoms with Crippen LogP contribution < -0.4 is 5.73 Å². The Labute approximate surface area is 188 Å². The minimum absolute atomic E-state index is 0.0163. The van der Waals surface area contributed by atoms with E-state index >= 15 is 0 Å². The molecule has 2 aromatic heterocycles. The fraction of sp³-hybridized carbons (Fsp3) is 0.440. The Bertz CT molecular complexity index is 1060. The Kier molecular flexibility index (Phi) is 6.63. The number of fused-ring (bicyclic) bond motifs is 1. The number of rotatable bonds is 8. The van der Waals surface area contributed by atoms with Crippen LogP contribution in [0.4, 0.5) is 4.39 Å². The van der Waals surface area contributed by atoms with Gasteiger partial charge in [-0.25, -0.2) is 9.37 Å². The summed E-state index contributed by atoms with van der Waals surface area (Å²) in [4.78, 5) is 19.8. The van der Waals surface area contributed by atoms with E-state index in [1.807, 2.05) is 11.1 Å². The van der Waals surface area contributed by atoms with Gasteiger partial charge in [-0.3, -0.25) is 4.79 Å². The Morgan fingerprint density at radius 2 is 2.16 bits per heavy atom. The highest BCUT2D eigenvalue weighted by Gasteiger charge is 2.31. The average Bonchev–Trinajstić information content (AvgIpc) is 3.51. The number of nitrogens with zero attached hydrogens (tertiary/aromatic N) is 3. The van der Waals surface area contributed by atoms with Gasteiger partial charge >= 0.3 is 0 Å². The van der Waals surface area contributed by atoms with E-state index in [9.17, 15) is 9.18 Å². The molecular formula is C25H31FN4O2. The van der Waals surface area contributed by atoms with Gasteiger partial charge in [0.2, 0.25) is 0 Å². The number of pyridine rings is 1. The summed E-state index contributed by atoms with van der Waals surface area (Å²) in [5.74, 6) is 0.553. The number of carbonyl (C=O) groups excluding carboxylic acids is 1. The second kappa shape index (κ2) is 9.59. The van der Waals surface area contributed by atoms with Gasteiger partial charge in [0.1, 0.15) is 5.76 Å². The molecule has 32 heavy (non-hydrogen) atoms. The van der Waals surface area contributed by atoms with E-state index < -0.39 is 0 Å². The Morgan fingerprint density at radius 3 is 2.88 bits per heavy atom. The molecule has 1 atom stereocenters. The van der Waals surface area contributed by atoms with Crippen LogP contribution in [-0.2, 0) is 16.0 Å². The van der Waals surface area contributed by atoms with Crippen LogP contribution in [0.5, 0.6) is 0 Å². The van der Waals surface area contributed by atoms with Crippen molar-refractivity contribution in [2.45, 2.75) is 51.5 Å². The van der Waals surface area contributed by atoms with Crippen molar-refractivity contribution in [3.8, 4) is 0 Å². The molecule has 0 bridgehead atoms. The Balaban J connectivity index is 1.51. The van der Waals surface area contributed by atoms with Crippen LogP contribution in [0, 0.1) is 11.7 Å². The largest absolute Gasteiger partial charge is 0.492 e. The summed E-state index contributed by atoms with van der Waals surface area (Å²) in [5, 5.41) is 0. The molecule has 1 saturated heterocycles. The molecule has 0 unspecified atom stereocenters. The van der Waals surface area contributed by atoms with Gasteiger partial charge in [-0.1, -0.05) is 6.58 Å². The van der Waals surface area contributed by atoms with E-state index in [-0.39, 0.29) is 17.8 Å². The van der Waals surface area contributed by atoms with Crippen molar-refractivity contribution >= 4 is 11.6 Å². The van der Waals surface area contributed by atoms with Crippen molar-refractivity contribution in [1.82, 2.24) is 14.3 Å². The van der Waals surface area contributed by atoms with Gasteiger partial charge in [0, 0.05) is 37.1 Å². The zero-order valence-electron chi connectivity index (χ0n) is 18.6. The maximum Gasteiger partial charge on any atom is 0.257 e. The normalized spacial score (nSPS) is 19.9. The van der Waals surface area contributed by atoms with Crippen molar-refractivity contribution in [2.75, 3.05) is 13.2 Å². The number of nitrogens with two attached hydrogens (primary N) is 1. The van der Waals surface area contributed by atoms with Crippen LogP contribution in [0.3, 0.4) is 0 Å². The highest BCUT2D eigenvalue weighted by Crippen LogP contribution is 2.31. The highest BCUT2D eigenvalue weighted by atomic mass is 19.1. The number of piperidine rings is 1. The number of ether oxygens (including phenoxy) is 1. The lowest BCUT2D eigenvalue weighted by Gasteiger charge is -2.36. The number of hydrogen-bond donors (Lipinski definition) is 1. The number of carbonyl (C=O) groups is 1. The molecule has 2 N–H and O–H groups in total. The van der Waals surface area contributed by atoms with Crippen molar-refractivity contribution in [2.24, 2.45) is 11.7 Å². The van der Waals surface area contributed by atoms with Gasteiger partial charge in [-0.05, 0) is 69.2 Å². The first-order chi connectivity index (χ1) is 15.4. The third kappa shape index (κ3) is 5.21. The van der Waals surface area contributed by atoms with E-state index in [1.165, 1.54) is 6.07 Å². The fourth-order valence-electron chi connectivity index (χ4n) is 4.06. The molecule has 2 aliphatic rings. The van der Waals surface area contributed by atoms with Crippen molar-refractivity contribution < 1.29 is 13.9 Å². The standard InChI is InChI=1S/C25H31FN4O2/c1-17(27)8-11-23(32-16-19-9-10-19)18(2)25(31)30-13-4-3-6-21(30)14-20-15-29-12-5-7-22(26)24(29)28-20/h5,7-8,11-12,15,19,21H,2-4,6,9-10,13-14,16,27H2,1H3/b17-8-,23-11+/t21-/m0/s1. The lowest BCUT2D eigenvalue weighted by molar-refractivity contribution is -0.130. The number of hydrogen-bond acceptors (Lipinski definition) is 4. The number of aromatic nitrogens is 2. The summed E-state index contributed by atoms with van der Waals surface area (Å²) in [6, 6.07) is 3.04.